The zero-order valence-corrected chi connectivity index (χ0v) is 10.5. The molecule has 0 bridgehead atoms. The van der Waals surface area contributed by atoms with Gasteiger partial charge in [0, 0.05) is 19.0 Å². The maximum atomic E-state index is 9.00. The molecule has 1 aromatic heterocycles. The summed E-state index contributed by atoms with van der Waals surface area (Å²) in [6, 6.07) is 6.54. The van der Waals surface area contributed by atoms with Crippen molar-refractivity contribution in [3.05, 3.63) is 17.8 Å². The first-order valence-electron chi connectivity index (χ1n) is 6.85. The molecule has 0 N–H and O–H groups in total. The predicted molar refractivity (Wildman–Crippen MR) is 69.2 cm³/mol. The number of nitriles is 1. The molecule has 3 rings (SSSR count). The van der Waals surface area contributed by atoms with Crippen LogP contribution in [0.15, 0.2) is 12.1 Å². The highest BCUT2D eigenvalue weighted by Gasteiger charge is 2.23. The van der Waals surface area contributed by atoms with Gasteiger partial charge in [0.25, 0.3) is 0 Å². The molecule has 4 nitrogen and oxygen atoms in total. The van der Waals surface area contributed by atoms with Gasteiger partial charge in [0.2, 0.25) is 0 Å². The molecule has 1 saturated heterocycles. The number of hydrogen-bond donors (Lipinski definition) is 0. The maximum absolute atomic E-state index is 9.00. The first-order valence-corrected chi connectivity index (χ1v) is 6.85. The zero-order valence-electron chi connectivity index (χ0n) is 10.5. The predicted octanol–water partition coefficient (Wildman–Crippen LogP) is 2.48. The summed E-state index contributed by atoms with van der Waals surface area (Å²) in [5.74, 6) is 1.71. The fourth-order valence-corrected chi connectivity index (χ4v) is 2.72. The highest BCUT2D eigenvalue weighted by atomic mass is 15.3. The van der Waals surface area contributed by atoms with E-state index in [0.29, 0.717) is 5.92 Å². The average Bonchev–Trinajstić information content (AvgIpc) is 2.38. The highest BCUT2D eigenvalue weighted by Crippen LogP contribution is 2.35. The number of rotatable bonds is 2. The monoisotopic (exact) mass is 242 g/mol. The second kappa shape index (κ2) is 4.93. The van der Waals surface area contributed by atoms with Gasteiger partial charge in [-0.3, -0.25) is 0 Å². The minimum absolute atomic E-state index is 0.145. The minimum Gasteiger partial charge on any atom is -0.354 e. The molecule has 2 fully saturated rings. The van der Waals surface area contributed by atoms with Crippen LogP contribution in [0.2, 0.25) is 0 Å². The molecule has 1 aromatic rings. The van der Waals surface area contributed by atoms with E-state index < -0.39 is 0 Å². The third kappa shape index (κ3) is 2.17. The Morgan fingerprint density at radius 2 is 2.06 bits per heavy atom. The van der Waals surface area contributed by atoms with Crippen molar-refractivity contribution in [2.45, 2.75) is 38.0 Å². The van der Waals surface area contributed by atoms with E-state index in [4.69, 9.17) is 5.26 Å². The third-order valence-corrected chi connectivity index (χ3v) is 4.12. The number of piperidine rings is 1. The second-order valence-electron chi connectivity index (χ2n) is 5.36. The van der Waals surface area contributed by atoms with Gasteiger partial charge in [0.1, 0.15) is 0 Å². The Bertz CT molecular complexity index is 444. The van der Waals surface area contributed by atoms with E-state index in [2.05, 4.69) is 33.3 Å². The van der Waals surface area contributed by atoms with E-state index in [1.807, 2.05) is 0 Å². The number of aromatic nitrogens is 2. The van der Waals surface area contributed by atoms with Gasteiger partial charge in [-0.25, -0.2) is 0 Å². The lowest BCUT2D eigenvalue weighted by atomic mass is 9.83. The fraction of sp³-hybridized carbons (Fsp3) is 0.643. The summed E-state index contributed by atoms with van der Waals surface area (Å²) in [5, 5.41) is 17.7. The van der Waals surface area contributed by atoms with Gasteiger partial charge >= 0.3 is 0 Å². The van der Waals surface area contributed by atoms with Gasteiger partial charge in [-0.15, -0.1) is 5.10 Å². The van der Waals surface area contributed by atoms with Crippen LogP contribution >= 0.6 is 0 Å². The highest BCUT2D eigenvalue weighted by molar-refractivity contribution is 5.38. The maximum Gasteiger partial charge on any atom is 0.151 e. The van der Waals surface area contributed by atoms with Gasteiger partial charge in [0.05, 0.1) is 17.7 Å². The quantitative estimate of drug-likeness (QED) is 0.799. The normalized spacial score (nSPS) is 24.4. The molecular formula is C14H18N4. The van der Waals surface area contributed by atoms with E-state index in [1.165, 1.54) is 19.3 Å². The average molecular weight is 242 g/mol. The molecule has 0 aromatic carbocycles. The van der Waals surface area contributed by atoms with Crippen molar-refractivity contribution in [3.63, 3.8) is 0 Å². The van der Waals surface area contributed by atoms with E-state index in [9.17, 15) is 0 Å². The van der Waals surface area contributed by atoms with Gasteiger partial charge in [-0.1, -0.05) is 6.42 Å². The van der Waals surface area contributed by atoms with Crippen molar-refractivity contribution in [1.29, 1.82) is 5.26 Å². The van der Waals surface area contributed by atoms with Crippen molar-refractivity contribution >= 4 is 5.82 Å². The number of nitrogens with zero attached hydrogens (tertiary/aromatic N) is 4. The van der Waals surface area contributed by atoms with Gasteiger partial charge in [-0.2, -0.15) is 10.4 Å². The first kappa shape index (κ1) is 11.5. The Balaban J connectivity index is 1.70. The fourth-order valence-electron chi connectivity index (χ4n) is 2.72. The Kier molecular flexibility index (Phi) is 3.14. The minimum atomic E-state index is 0.145. The summed E-state index contributed by atoms with van der Waals surface area (Å²) in [4.78, 5) is 2.19. The van der Waals surface area contributed by atoms with Crippen LogP contribution in [0.1, 0.15) is 43.7 Å². The Morgan fingerprint density at radius 1 is 1.17 bits per heavy atom. The van der Waals surface area contributed by atoms with Gasteiger partial charge in [0.15, 0.2) is 5.82 Å². The lowest BCUT2D eigenvalue weighted by molar-refractivity contribution is 0.407. The van der Waals surface area contributed by atoms with E-state index in [0.717, 1.165) is 37.4 Å². The van der Waals surface area contributed by atoms with Crippen molar-refractivity contribution in [2.24, 2.45) is 5.92 Å². The summed E-state index contributed by atoms with van der Waals surface area (Å²) < 4.78 is 0. The van der Waals surface area contributed by atoms with Crippen LogP contribution in [-0.4, -0.2) is 23.3 Å². The first-order chi connectivity index (χ1) is 8.86. The molecule has 1 unspecified atom stereocenters. The van der Waals surface area contributed by atoms with Crippen LogP contribution in [0.3, 0.4) is 0 Å². The molecule has 1 aliphatic heterocycles. The zero-order chi connectivity index (χ0) is 12.4. The number of anilines is 1. The van der Waals surface area contributed by atoms with Crippen molar-refractivity contribution < 1.29 is 0 Å². The summed E-state index contributed by atoms with van der Waals surface area (Å²) in [6.45, 7) is 1.80. The molecule has 4 heteroatoms. The standard InChI is InChI=1S/C14H18N4/c15-9-11-3-2-8-18(10-11)14-7-6-13(16-17-14)12-4-1-5-12/h6-7,11-12H,1-5,8,10H2. The molecule has 1 saturated carbocycles. The van der Waals surface area contributed by atoms with E-state index in [-0.39, 0.29) is 5.92 Å². The lowest BCUT2D eigenvalue weighted by Gasteiger charge is -2.30. The smallest absolute Gasteiger partial charge is 0.151 e. The van der Waals surface area contributed by atoms with Crippen molar-refractivity contribution in [3.8, 4) is 6.07 Å². The molecule has 0 spiro atoms. The molecule has 0 radical (unpaired) electrons. The van der Waals surface area contributed by atoms with Crippen LogP contribution in [0.4, 0.5) is 5.82 Å². The molecular weight excluding hydrogens is 224 g/mol. The molecule has 18 heavy (non-hydrogen) atoms. The van der Waals surface area contributed by atoms with Crippen LogP contribution in [-0.2, 0) is 0 Å². The summed E-state index contributed by atoms with van der Waals surface area (Å²) in [5.41, 5.74) is 1.14. The van der Waals surface area contributed by atoms with Crippen molar-refractivity contribution in [1.82, 2.24) is 10.2 Å². The van der Waals surface area contributed by atoms with Gasteiger partial charge in [-0.05, 0) is 37.8 Å². The molecule has 2 heterocycles. The molecule has 0 amide bonds. The van der Waals surface area contributed by atoms with Crippen LogP contribution < -0.4 is 4.90 Å². The summed E-state index contributed by atoms with van der Waals surface area (Å²) in [6.07, 6.45) is 5.93. The Morgan fingerprint density at radius 3 is 2.67 bits per heavy atom. The largest absolute Gasteiger partial charge is 0.354 e. The lowest BCUT2D eigenvalue weighted by Crippen LogP contribution is -2.35. The van der Waals surface area contributed by atoms with Crippen molar-refractivity contribution in [2.75, 3.05) is 18.0 Å². The van der Waals surface area contributed by atoms with E-state index >= 15 is 0 Å². The van der Waals surface area contributed by atoms with Gasteiger partial charge < -0.3 is 4.90 Å². The molecule has 94 valence electrons. The Labute approximate surface area is 108 Å². The van der Waals surface area contributed by atoms with E-state index in [1.54, 1.807) is 0 Å². The van der Waals surface area contributed by atoms with Crippen LogP contribution in [0.5, 0.6) is 0 Å². The summed E-state index contributed by atoms with van der Waals surface area (Å²) in [7, 11) is 0. The SMILES string of the molecule is N#CC1CCCN(c2ccc(C3CCC3)nn2)C1. The van der Waals surface area contributed by atoms with Crippen LogP contribution in [0, 0.1) is 17.2 Å². The Hall–Kier alpha value is -1.63. The third-order valence-electron chi connectivity index (χ3n) is 4.12. The molecule has 1 aliphatic carbocycles. The molecule has 1 atom stereocenters. The summed E-state index contributed by atoms with van der Waals surface area (Å²) >= 11 is 0. The molecule has 2 aliphatic rings. The van der Waals surface area contributed by atoms with Crippen LogP contribution in [0.25, 0.3) is 0 Å². The number of hydrogen-bond acceptors (Lipinski definition) is 4. The second-order valence-corrected chi connectivity index (χ2v) is 5.36. The topological polar surface area (TPSA) is 52.8 Å².